The van der Waals surface area contributed by atoms with Crippen LogP contribution in [0.15, 0.2) is 52.7 Å². The molecule has 4 nitrogen and oxygen atoms in total. The van der Waals surface area contributed by atoms with Crippen LogP contribution in [0.5, 0.6) is 11.5 Å². The molecule has 0 unspecified atom stereocenters. The molecule has 0 radical (unpaired) electrons. The van der Waals surface area contributed by atoms with Crippen LogP contribution in [0.1, 0.15) is 64.4 Å². The number of azo groups is 1. The van der Waals surface area contributed by atoms with Gasteiger partial charge in [0.2, 0.25) is 0 Å². The average Bonchev–Trinajstić information content (AvgIpc) is 2.69. The Morgan fingerprint density at radius 2 is 1.56 bits per heavy atom. The van der Waals surface area contributed by atoms with Crippen molar-refractivity contribution < 1.29 is 9.84 Å². The Labute approximate surface area is 163 Å². The number of benzene rings is 2. The molecule has 0 amide bonds. The van der Waals surface area contributed by atoms with E-state index in [4.69, 9.17) is 4.74 Å². The van der Waals surface area contributed by atoms with Crippen molar-refractivity contribution in [2.24, 2.45) is 10.2 Å². The van der Waals surface area contributed by atoms with E-state index in [1.54, 1.807) is 12.1 Å². The van der Waals surface area contributed by atoms with E-state index < -0.39 is 0 Å². The molecule has 27 heavy (non-hydrogen) atoms. The Morgan fingerprint density at radius 3 is 2.26 bits per heavy atom. The molecule has 2 aromatic rings. The average molecular weight is 369 g/mol. The Kier molecular flexibility index (Phi) is 9.39. The smallest absolute Gasteiger partial charge is 0.146 e. The summed E-state index contributed by atoms with van der Waals surface area (Å²) in [4.78, 5) is 0. The monoisotopic (exact) mass is 368 g/mol. The van der Waals surface area contributed by atoms with Crippen molar-refractivity contribution in [2.75, 3.05) is 6.61 Å². The first-order chi connectivity index (χ1) is 13.2. The molecule has 0 aliphatic rings. The van der Waals surface area contributed by atoms with Crippen LogP contribution in [0.3, 0.4) is 0 Å². The minimum Gasteiger partial charge on any atom is -0.505 e. The van der Waals surface area contributed by atoms with Crippen molar-refractivity contribution in [1.82, 2.24) is 0 Å². The van der Waals surface area contributed by atoms with Gasteiger partial charge in [-0.15, -0.1) is 5.11 Å². The van der Waals surface area contributed by atoms with Crippen LogP contribution in [-0.4, -0.2) is 11.7 Å². The van der Waals surface area contributed by atoms with E-state index in [2.05, 4.69) is 36.2 Å². The van der Waals surface area contributed by atoms with E-state index in [9.17, 15) is 5.11 Å². The highest BCUT2D eigenvalue weighted by Crippen LogP contribution is 2.32. The van der Waals surface area contributed by atoms with Crippen molar-refractivity contribution in [3.8, 4) is 11.5 Å². The fourth-order valence-electron chi connectivity index (χ4n) is 2.80. The van der Waals surface area contributed by atoms with E-state index in [0.29, 0.717) is 18.0 Å². The molecule has 0 saturated carbocycles. The summed E-state index contributed by atoms with van der Waals surface area (Å²) in [6.07, 6.45) is 9.48. The van der Waals surface area contributed by atoms with Gasteiger partial charge in [-0.3, -0.25) is 0 Å². The molecule has 0 bridgehead atoms. The topological polar surface area (TPSA) is 54.2 Å². The van der Waals surface area contributed by atoms with Crippen LogP contribution >= 0.6 is 0 Å². The van der Waals surface area contributed by atoms with Crippen LogP contribution in [-0.2, 0) is 6.42 Å². The van der Waals surface area contributed by atoms with Crippen LogP contribution in [0, 0.1) is 0 Å². The summed E-state index contributed by atoms with van der Waals surface area (Å²) in [5.74, 6) is 0.754. The summed E-state index contributed by atoms with van der Waals surface area (Å²) in [6.45, 7) is 5.08. The molecule has 2 aromatic carbocycles. The third kappa shape index (κ3) is 7.81. The normalized spacial score (nSPS) is 11.2. The fourth-order valence-corrected chi connectivity index (χ4v) is 2.80. The SMILES string of the molecule is CCCCCCCOc1ccc(N=Nc2ccc(CCCC)cc2)c(O)c1. The van der Waals surface area contributed by atoms with E-state index >= 15 is 0 Å². The predicted octanol–water partition coefficient (Wildman–Crippen LogP) is 7.50. The van der Waals surface area contributed by atoms with Crippen LogP contribution in [0.25, 0.3) is 0 Å². The van der Waals surface area contributed by atoms with E-state index in [0.717, 1.165) is 18.5 Å². The molecule has 0 aromatic heterocycles. The van der Waals surface area contributed by atoms with Crippen LogP contribution in [0.2, 0.25) is 0 Å². The van der Waals surface area contributed by atoms with Gasteiger partial charge in [0.1, 0.15) is 17.2 Å². The summed E-state index contributed by atoms with van der Waals surface area (Å²) in [7, 11) is 0. The Balaban J connectivity index is 1.85. The molecule has 0 aliphatic heterocycles. The van der Waals surface area contributed by atoms with E-state index in [1.165, 1.54) is 44.1 Å². The van der Waals surface area contributed by atoms with Gasteiger partial charge in [-0.1, -0.05) is 58.1 Å². The summed E-state index contributed by atoms with van der Waals surface area (Å²) in [6, 6.07) is 13.3. The Morgan fingerprint density at radius 1 is 0.815 bits per heavy atom. The maximum absolute atomic E-state index is 10.1. The first-order valence-corrected chi connectivity index (χ1v) is 10.2. The number of phenolic OH excluding ortho intramolecular Hbond substituents is 1. The largest absolute Gasteiger partial charge is 0.505 e. The summed E-state index contributed by atoms with van der Waals surface area (Å²) in [5, 5.41) is 18.5. The van der Waals surface area contributed by atoms with Crippen molar-refractivity contribution in [2.45, 2.75) is 65.2 Å². The predicted molar refractivity (Wildman–Crippen MR) is 112 cm³/mol. The molecule has 0 heterocycles. The minimum atomic E-state index is 0.0850. The van der Waals surface area contributed by atoms with E-state index in [1.807, 2.05) is 18.2 Å². The lowest BCUT2D eigenvalue weighted by atomic mass is 10.1. The van der Waals surface area contributed by atoms with Gasteiger partial charge in [0, 0.05) is 6.07 Å². The summed E-state index contributed by atoms with van der Waals surface area (Å²) < 4.78 is 5.70. The Hall–Kier alpha value is -2.36. The second-order valence-electron chi connectivity index (χ2n) is 6.88. The zero-order valence-corrected chi connectivity index (χ0v) is 16.7. The first-order valence-electron chi connectivity index (χ1n) is 10.2. The zero-order chi connectivity index (χ0) is 19.3. The molecule has 0 spiro atoms. The number of hydrogen-bond donors (Lipinski definition) is 1. The highest BCUT2D eigenvalue weighted by Gasteiger charge is 2.03. The third-order valence-corrected chi connectivity index (χ3v) is 4.49. The maximum Gasteiger partial charge on any atom is 0.146 e. The Bertz CT molecular complexity index is 696. The van der Waals surface area contributed by atoms with Gasteiger partial charge < -0.3 is 9.84 Å². The number of phenols is 1. The molecule has 146 valence electrons. The molecular formula is C23H32N2O2. The lowest BCUT2D eigenvalue weighted by Gasteiger charge is -2.07. The van der Waals surface area contributed by atoms with Crippen LogP contribution in [0.4, 0.5) is 11.4 Å². The number of nitrogens with zero attached hydrogens (tertiary/aromatic N) is 2. The second-order valence-corrected chi connectivity index (χ2v) is 6.88. The first kappa shape index (κ1) is 20.9. The number of rotatable bonds is 12. The number of unbranched alkanes of at least 4 members (excludes halogenated alkanes) is 5. The fraction of sp³-hybridized carbons (Fsp3) is 0.478. The highest BCUT2D eigenvalue weighted by molar-refractivity contribution is 5.54. The van der Waals surface area contributed by atoms with Gasteiger partial charge in [-0.25, -0.2) is 0 Å². The number of aromatic hydroxyl groups is 1. The second kappa shape index (κ2) is 12.1. The molecule has 0 fully saturated rings. The summed E-state index contributed by atoms with van der Waals surface area (Å²) in [5.41, 5.74) is 2.54. The third-order valence-electron chi connectivity index (χ3n) is 4.49. The lowest BCUT2D eigenvalue weighted by molar-refractivity contribution is 0.303. The van der Waals surface area contributed by atoms with Gasteiger partial charge in [0.05, 0.1) is 12.3 Å². The van der Waals surface area contributed by atoms with Gasteiger partial charge in [0.25, 0.3) is 0 Å². The quantitative estimate of drug-likeness (QED) is 0.311. The van der Waals surface area contributed by atoms with Gasteiger partial charge in [-0.2, -0.15) is 5.11 Å². The van der Waals surface area contributed by atoms with Gasteiger partial charge >= 0.3 is 0 Å². The zero-order valence-electron chi connectivity index (χ0n) is 16.7. The van der Waals surface area contributed by atoms with Crippen molar-refractivity contribution >= 4 is 11.4 Å². The number of aryl methyl sites for hydroxylation is 1. The number of ether oxygens (including phenoxy) is 1. The van der Waals surface area contributed by atoms with E-state index in [-0.39, 0.29) is 5.75 Å². The molecule has 4 heteroatoms. The highest BCUT2D eigenvalue weighted by atomic mass is 16.5. The standard InChI is InChI=1S/C23H32N2O2/c1-3-5-7-8-9-17-27-21-15-16-22(23(26)18-21)25-24-20-13-11-19(12-14-20)10-6-4-2/h11-16,18,26H,3-10,17H2,1-2H3. The molecular weight excluding hydrogens is 336 g/mol. The van der Waals surface area contributed by atoms with Crippen LogP contribution < -0.4 is 4.74 Å². The molecule has 0 aliphatic carbocycles. The van der Waals surface area contributed by atoms with Crippen molar-refractivity contribution in [3.63, 3.8) is 0 Å². The molecule has 0 saturated heterocycles. The van der Waals surface area contributed by atoms with Crippen molar-refractivity contribution in [3.05, 3.63) is 48.0 Å². The minimum absolute atomic E-state index is 0.0850. The maximum atomic E-state index is 10.1. The molecule has 2 rings (SSSR count). The van der Waals surface area contributed by atoms with Gasteiger partial charge in [0.15, 0.2) is 0 Å². The van der Waals surface area contributed by atoms with Gasteiger partial charge in [-0.05, 0) is 49.1 Å². The molecule has 1 N–H and O–H groups in total. The van der Waals surface area contributed by atoms with Crippen molar-refractivity contribution in [1.29, 1.82) is 0 Å². The number of hydrogen-bond acceptors (Lipinski definition) is 4. The lowest BCUT2D eigenvalue weighted by Crippen LogP contribution is -1.96. The molecule has 0 atom stereocenters. The summed E-state index contributed by atoms with van der Waals surface area (Å²) >= 11 is 0.